The van der Waals surface area contributed by atoms with Gasteiger partial charge in [-0.1, -0.05) is 101 Å². The van der Waals surface area contributed by atoms with Crippen molar-refractivity contribution >= 4 is 85.2 Å². The zero-order chi connectivity index (χ0) is 90.7. The number of fused-ring (bicyclic) bond motifs is 12. The van der Waals surface area contributed by atoms with Crippen molar-refractivity contribution < 1.29 is 91.1 Å². The summed E-state index contributed by atoms with van der Waals surface area (Å²) in [5.41, 5.74) is 16.0. The Morgan fingerprint density at radius 2 is 0.582 bits per heavy atom. The van der Waals surface area contributed by atoms with E-state index >= 15 is 0 Å². The fourth-order valence-corrected chi connectivity index (χ4v) is 16.2. The van der Waals surface area contributed by atoms with Crippen LogP contribution in [0.15, 0.2) is 406 Å². The minimum atomic E-state index is -0.349. The number of rotatable bonds is 8. The molecule has 6 aliphatic heterocycles. The third kappa shape index (κ3) is 20.1. The topological polar surface area (TPSA) is 179 Å². The second-order valence-electron chi connectivity index (χ2n) is 30.5. The summed E-state index contributed by atoms with van der Waals surface area (Å²) in [6, 6.07) is 114. The van der Waals surface area contributed by atoms with Gasteiger partial charge in [-0.25, -0.2) is 22.0 Å². The molecular formula is C109H68B3BrF5N5O10Pt. The molecule has 0 fully saturated rings. The number of phenols is 2. The van der Waals surface area contributed by atoms with Gasteiger partial charge in [-0.3, -0.25) is 15.0 Å². The molecule has 0 saturated heterocycles. The van der Waals surface area contributed by atoms with Gasteiger partial charge in [0, 0.05) is 81.7 Å². The van der Waals surface area contributed by atoms with Crippen molar-refractivity contribution in [1.29, 1.82) is 0 Å². The molecule has 0 bridgehead atoms. The molecule has 14 aromatic carbocycles. The maximum absolute atomic E-state index is 13.8. The summed E-state index contributed by atoms with van der Waals surface area (Å²) in [6.45, 7) is -0.424. The first-order valence-corrected chi connectivity index (χ1v) is 42.8. The summed E-state index contributed by atoms with van der Waals surface area (Å²) >= 11 is 3.18. The number of aromatic hydroxyl groups is 2. The molecule has 25 rings (SSSR count). The monoisotopic (exact) mass is 2010 g/mol. The van der Waals surface area contributed by atoms with Gasteiger partial charge in [0.1, 0.15) is 121 Å². The first-order chi connectivity index (χ1) is 65.2. The predicted molar refractivity (Wildman–Crippen MR) is 510 cm³/mol. The number of hydrogen-bond donors (Lipinski definition) is 2. The second kappa shape index (κ2) is 40.5. The standard InChI is InChI=1S/C28H17BN2O2.C28H15BN2O2.C18H9BF2O2.C18H12F2O2.C6H4BrF.C6H6O2.C5H5N.Pt/c2*1-3-14-30-22(6-1)18-10-12-24-20(16-18)29-21-17-19(23-7-2-4-15-31-23)11-13-25(21)33-27-9-5-8-26(32-24)28(27)29;20-10-4-6-14-12(8-10)19-13-9-11(21)5-7-15(13)23-17-3-1-2-16(22-14)18(17)19;19-13-4-8-15(9-5-13)21-17-2-1-3-18(12-17)22-16-10-6-14(20)7-11-16;7-5-1-3-6(8)4-2-5;7-5-2-1-3-6(8)4-5;1-2-4-6-5-3-1;/h1-17H;1-15H;1-9H;1-12H;1-4H;1-4,7-8H;1-5H;/q;-2;;;;;;+2. The fraction of sp³-hybridized carbons (Fsp3) is 0. The van der Waals surface area contributed by atoms with E-state index in [1.165, 1.54) is 78.9 Å². The van der Waals surface area contributed by atoms with E-state index in [2.05, 4.69) is 77.2 Å². The summed E-state index contributed by atoms with van der Waals surface area (Å²) in [5.74, 6) is 9.85. The van der Waals surface area contributed by atoms with Crippen LogP contribution in [0.25, 0.3) is 45.0 Å². The second-order valence-corrected chi connectivity index (χ2v) is 31.4. The molecule has 0 unspecified atom stereocenters. The van der Waals surface area contributed by atoms with Gasteiger partial charge in [-0.2, -0.15) is 0 Å². The average Bonchev–Trinajstić information content (AvgIpc) is 0.732. The Hall–Kier alpha value is -16.2. The van der Waals surface area contributed by atoms with Gasteiger partial charge in [0.05, 0.1) is 11.4 Å². The third-order valence-electron chi connectivity index (χ3n) is 21.8. The van der Waals surface area contributed by atoms with Crippen molar-refractivity contribution in [3.05, 3.63) is 447 Å². The zero-order valence-corrected chi connectivity index (χ0v) is 74.2. The van der Waals surface area contributed by atoms with Crippen LogP contribution >= 0.6 is 15.9 Å². The zero-order valence-electron chi connectivity index (χ0n) is 70.3. The SMILES string of the molecule is Fc1ccc(Br)cc1.Fc1ccc(Oc2cccc(Oc3ccc(F)cc3)c2)cc1.Fc1ccc2c(c1)B1c3cc(F)ccc3Oc3cccc(c31)O2.Oc1cccc(O)c1.[Pt+2].[c-]1c(-c2ccccn2)ccc2c1B1c3[c-]c(-c4ccccn4)ccc3Oc3cccc(c31)O2.c1ccc(-c2ccc3c(c2)B2c4cc(-c5ccccn5)ccc4Oc4cccc(c42)O3)nc1.c1ccncc1. The number of pyridine rings is 5. The molecule has 11 heterocycles. The smallest absolute Gasteiger partial charge is 0.508 e. The number of hydrogen-bond acceptors (Lipinski definition) is 15. The first kappa shape index (κ1) is 88.5. The maximum Gasteiger partial charge on any atom is 2.00 e. The molecule has 25 heteroatoms. The summed E-state index contributed by atoms with van der Waals surface area (Å²) in [7, 11) is 0. The van der Waals surface area contributed by atoms with Gasteiger partial charge >= 0.3 is 21.1 Å². The molecule has 0 aliphatic carbocycles. The molecule has 0 radical (unpaired) electrons. The molecular weight excluding hydrogens is 1940 g/mol. The first-order valence-electron chi connectivity index (χ1n) is 42.0. The van der Waals surface area contributed by atoms with Gasteiger partial charge in [0.2, 0.25) is 6.71 Å². The van der Waals surface area contributed by atoms with Crippen LogP contribution in [0, 0.1) is 41.2 Å². The van der Waals surface area contributed by atoms with Gasteiger partial charge in [-0.05, 0) is 287 Å². The van der Waals surface area contributed by atoms with Crippen LogP contribution in [-0.2, 0) is 21.1 Å². The number of phenolic OH excluding ortho intramolecular Hbond substituents is 2. The van der Waals surface area contributed by atoms with Crippen LogP contribution in [0.1, 0.15) is 0 Å². The van der Waals surface area contributed by atoms with E-state index in [4.69, 9.17) is 48.1 Å². The van der Waals surface area contributed by atoms with Crippen LogP contribution in [0.3, 0.4) is 0 Å². The van der Waals surface area contributed by atoms with Crippen LogP contribution in [-0.4, -0.2) is 55.3 Å². The maximum atomic E-state index is 13.8. The Morgan fingerprint density at radius 1 is 0.261 bits per heavy atom. The Kier molecular flexibility index (Phi) is 26.7. The number of benzene rings is 14. The van der Waals surface area contributed by atoms with E-state index < -0.39 is 0 Å². The number of halogens is 6. The molecule has 0 amide bonds. The molecule has 650 valence electrons. The van der Waals surface area contributed by atoms with E-state index in [0.29, 0.717) is 56.9 Å². The third-order valence-corrected chi connectivity index (χ3v) is 22.4. The van der Waals surface area contributed by atoms with E-state index in [-0.39, 0.29) is 81.8 Å². The molecule has 6 aliphatic rings. The summed E-state index contributed by atoms with van der Waals surface area (Å²) in [6.07, 6.45) is 10.7. The van der Waals surface area contributed by atoms with E-state index in [1.54, 1.807) is 104 Å². The van der Waals surface area contributed by atoms with Crippen LogP contribution in [0.4, 0.5) is 22.0 Å². The molecule has 19 aromatic rings. The molecule has 0 atom stereocenters. The van der Waals surface area contributed by atoms with Gasteiger partial charge in [0.15, 0.2) is 0 Å². The van der Waals surface area contributed by atoms with E-state index in [9.17, 15) is 22.0 Å². The summed E-state index contributed by atoms with van der Waals surface area (Å²) in [5, 5.41) is 17.3. The quantitative estimate of drug-likeness (QED) is 0.0833. The summed E-state index contributed by atoms with van der Waals surface area (Å²) in [4.78, 5) is 21.9. The molecule has 5 aromatic heterocycles. The van der Waals surface area contributed by atoms with E-state index in [0.717, 1.165) is 134 Å². The largest absolute Gasteiger partial charge is 2.00 e. The van der Waals surface area contributed by atoms with E-state index in [1.807, 2.05) is 194 Å². The molecule has 15 nitrogen and oxygen atoms in total. The minimum Gasteiger partial charge on any atom is -0.508 e. The number of nitrogens with zero attached hydrogens (tertiary/aromatic N) is 5. The van der Waals surface area contributed by atoms with Crippen LogP contribution < -0.4 is 87.1 Å². The Labute approximate surface area is 791 Å². The van der Waals surface area contributed by atoms with Crippen molar-refractivity contribution in [1.82, 2.24) is 24.9 Å². The van der Waals surface area contributed by atoms with Crippen molar-refractivity contribution in [2.45, 2.75) is 0 Å². The Bertz CT molecular complexity index is 6770. The van der Waals surface area contributed by atoms with Crippen molar-refractivity contribution in [3.63, 3.8) is 0 Å². The molecule has 134 heavy (non-hydrogen) atoms. The molecule has 0 spiro atoms. The van der Waals surface area contributed by atoms with Crippen molar-refractivity contribution in [3.8, 4) is 149 Å². The normalized spacial score (nSPS) is 11.7. The average molecular weight is 2010 g/mol. The number of aromatic nitrogens is 5. The van der Waals surface area contributed by atoms with Gasteiger partial charge in [0.25, 0.3) is 13.4 Å². The van der Waals surface area contributed by atoms with Crippen LogP contribution in [0.5, 0.6) is 103 Å². The summed E-state index contributed by atoms with van der Waals surface area (Å²) < 4.78 is 115. The molecule has 2 N–H and O–H groups in total. The van der Waals surface area contributed by atoms with Crippen molar-refractivity contribution in [2.75, 3.05) is 0 Å². The predicted octanol–water partition coefficient (Wildman–Crippen LogP) is 21.7. The van der Waals surface area contributed by atoms with Crippen LogP contribution in [0.2, 0.25) is 0 Å². The fourth-order valence-electron chi connectivity index (χ4n) is 15.9. The van der Waals surface area contributed by atoms with Crippen molar-refractivity contribution in [2.24, 2.45) is 0 Å². The Morgan fingerprint density at radius 3 is 0.925 bits per heavy atom. The van der Waals surface area contributed by atoms with Gasteiger partial charge in [-0.15, -0.1) is 58.5 Å². The minimum absolute atomic E-state index is 0. The molecule has 0 saturated carbocycles. The van der Waals surface area contributed by atoms with Gasteiger partial charge < -0.3 is 58.1 Å². The number of ether oxygens (including phenoxy) is 8. The Balaban J connectivity index is 0.000000112.